The molecule has 3 heterocycles. The first-order valence-electron chi connectivity index (χ1n) is 9.32. The summed E-state index contributed by atoms with van der Waals surface area (Å²) in [5, 5.41) is 1.73. The fourth-order valence-corrected chi connectivity index (χ4v) is 4.14. The third-order valence-corrected chi connectivity index (χ3v) is 5.76. The van der Waals surface area contributed by atoms with Gasteiger partial charge in [0.25, 0.3) is 0 Å². The van der Waals surface area contributed by atoms with Crippen LogP contribution in [-0.2, 0) is 16.0 Å². The summed E-state index contributed by atoms with van der Waals surface area (Å²) in [6, 6.07) is 1.33. The Bertz CT molecular complexity index is 1190. The molecule has 2 amide bonds. The van der Waals surface area contributed by atoms with Gasteiger partial charge in [-0.15, -0.1) is 0 Å². The third kappa shape index (κ3) is 2.69. The van der Waals surface area contributed by atoms with Gasteiger partial charge in [0.05, 0.1) is 18.2 Å². The van der Waals surface area contributed by atoms with Gasteiger partial charge < -0.3 is 19.5 Å². The first-order valence-corrected chi connectivity index (χ1v) is 9.32. The van der Waals surface area contributed by atoms with E-state index in [1.807, 2.05) is 26.8 Å². The van der Waals surface area contributed by atoms with Crippen molar-refractivity contribution < 1.29 is 18.4 Å². The molecular formula is C21H22N2O5. The summed E-state index contributed by atoms with van der Waals surface area (Å²) in [4.78, 5) is 38.5. The van der Waals surface area contributed by atoms with E-state index in [-0.39, 0.29) is 12.3 Å². The Morgan fingerprint density at radius 1 is 1.18 bits per heavy atom. The predicted octanol–water partition coefficient (Wildman–Crippen LogP) is 2.48. The molecule has 3 aromatic rings. The molecule has 0 saturated carbocycles. The molecule has 1 saturated heterocycles. The maximum atomic E-state index is 12.8. The van der Waals surface area contributed by atoms with Crippen molar-refractivity contribution >= 4 is 33.8 Å². The minimum absolute atomic E-state index is 0.116. The number of aryl methyl sites for hydroxylation is 3. The number of furan rings is 1. The van der Waals surface area contributed by atoms with Crippen molar-refractivity contribution in [3.8, 4) is 0 Å². The molecule has 1 aliphatic heterocycles. The number of nitrogens with two attached hydrogens (primary N) is 1. The molecule has 146 valence electrons. The lowest BCUT2D eigenvalue weighted by atomic mass is 9.99. The van der Waals surface area contributed by atoms with Crippen LogP contribution in [0.2, 0.25) is 0 Å². The van der Waals surface area contributed by atoms with E-state index in [1.54, 1.807) is 6.26 Å². The van der Waals surface area contributed by atoms with E-state index in [4.69, 9.17) is 14.6 Å². The van der Waals surface area contributed by atoms with Crippen LogP contribution >= 0.6 is 0 Å². The molecule has 4 rings (SSSR count). The lowest BCUT2D eigenvalue weighted by Crippen LogP contribution is -2.44. The van der Waals surface area contributed by atoms with Gasteiger partial charge in [0.15, 0.2) is 0 Å². The summed E-state index contributed by atoms with van der Waals surface area (Å²) in [6.07, 6.45) is 2.84. The van der Waals surface area contributed by atoms with Crippen molar-refractivity contribution in [2.24, 2.45) is 5.73 Å². The Morgan fingerprint density at radius 2 is 1.93 bits per heavy atom. The molecule has 0 spiro atoms. The minimum Gasteiger partial charge on any atom is -0.464 e. The quantitative estimate of drug-likeness (QED) is 0.701. The average molecular weight is 382 g/mol. The van der Waals surface area contributed by atoms with Gasteiger partial charge in [0.2, 0.25) is 11.8 Å². The van der Waals surface area contributed by atoms with Crippen LogP contribution in [0.5, 0.6) is 0 Å². The number of carbonyl (C=O) groups is 2. The number of nitrogens with zero attached hydrogens (tertiary/aromatic N) is 1. The summed E-state index contributed by atoms with van der Waals surface area (Å²) in [6.45, 7) is 6.09. The summed E-state index contributed by atoms with van der Waals surface area (Å²) < 4.78 is 11.2. The molecule has 0 unspecified atom stereocenters. The van der Waals surface area contributed by atoms with E-state index in [0.29, 0.717) is 35.3 Å². The summed E-state index contributed by atoms with van der Waals surface area (Å²) in [5.74, 6) is -0.796. The molecule has 0 bridgehead atoms. The lowest BCUT2D eigenvalue weighted by molar-refractivity contribution is -0.136. The summed E-state index contributed by atoms with van der Waals surface area (Å²) in [7, 11) is 0. The van der Waals surface area contributed by atoms with Crippen molar-refractivity contribution in [1.82, 2.24) is 4.90 Å². The fraction of sp³-hybridized carbons (Fsp3) is 0.381. The number of benzene rings is 1. The van der Waals surface area contributed by atoms with Crippen molar-refractivity contribution in [2.75, 3.05) is 6.54 Å². The van der Waals surface area contributed by atoms with E-state index >= 15 is 0 Å². The molecule has 1 aromatic carbocycles. The average Bonchev–Trinajstić information content (AvgIpc) is 3.27. The normalized spacial score (nSPS) is 17.0. The van der Waals surface area contributed by atoms with Gasteiger partial charge in [-0.05, 0) is 50.8 Å². The molecular weight excluding hydrogens is 360 g/mol. The van der Waals surface area contributed by atoms with Gasteiger partial charge in [0, 0.05) is 22.9 Å². The van der Waals surface area contributed by atoms with Gasteiger partial charge in [-0.3, -0.25) is 9.59 Å². The maximum Gasteiger partial charge on any atom is 0.340 e. The van der Waals surface area contributed by atoms with Crippen molar-refractivity contribution in [2.45, 2.75) is 46.1 Å². The van der Waals surface area contributed by atoms with Crippen LogP contribution in [0.1, 0.15) is 35.1 Å². The van der Waals surface area contributed by atoms with Crippen molar-refractivity contribution in [1.29, 1.82) is 0 Å². The monoisotopic (exact) mass is 382 g/mol. The minimum atomic E-state index is -0.601. The molecule has 1 atom stereocenters. The Morgan fingerprint density at radius 3 is 2.64 bits per heavy atom. The number of hydrogen-bond donors (Lipinski definition) is 1. The zero-order valence-corrected chi connectivity index (χ0v) is 16.1. The topological polar surface area (TPSA) is 107 Å². The molecule has 0 aliphatic carbocycles. The smallest absolute Gasteiger partial charge is 0.340 e. The van der Waals surface area contributed by atoms with Crippen LogP contribution < -0.4 is 11.4 Å². The largest absolute Gasteiger partial charge is 0.464 e. The highest BCUT2D eigenvalue weighted by Crippen LogP contribution is 2.32. The lowest BCUT2D eigenvalue weighted by Gasteiger charge is -2.22. The highest BCUT2D eigenvalue weighted by Gasteiger charge is 2.33. The fourth-order valence-electron chi connectivity index (χ4n) is 4.14. The number of hydrogen-bond acceptors (Lipinski definition) is 5. The van der Waals surface area contributed by atoms with Crippen LogP contribution in [-0.4, -0.2) is 29.3 Å². The van der Waals surface area contributed by atoms with E-state index in [0.717, 1.165) is 28.3 Å². The van der Waals surface area contributed by atoms with Crippen LogP contribution in [0.15, 0.2) is 26.0 Å². The van der Waals surface area contributed by atoms with E-state index in [1.165, 1.54) is 4.90 Å². The molecule has 0 radical (unpaired) electrons. The highest BCUT2D eigenvalue weighted by atomic mass is 16.4. The maximum absolute atomic E-state index is 12.8. The molecule has 2 aromatic heterocycles. The van der Waals surface area contributed by atoms with Gasteiger partial charge >= 0.3 is 5.63 Å². The van der Waals surface area contributed by atoms with Gasteiger partial charge in [-0.25, -0.2) is 4.79 Å². The third-order valence-electron chi connectivity index (χ3n) is 5.76. The number of carbonyl (C=O) groups excluding carboxylic acids is 2. The molecule has 28 heavy (non-hydrogen) atoms. The Hall–Kier alpha value is -3.09. The number of fused-ring (bicyclic) bond motifs is 2. The number of primary amides is 1. The Labute approximate surface area is 161 Å². The predicted molar refractivity (Wildman–Crippen MR) is 104 cm³/mol. The van der Waals surface area contributed by atoms with Gasteiger partial charge in [-0.2, -0.15) is 0 Å². The van der Waals surface area contributed by atoms with Crippen LogP contribution in [0.25, 0.3) is 21.9 Å². The number of amides is 2. The Balaban J connectivity index is 1.80. The van der Waals surface area contributed by atoms with E-state index < -0.39 is 17.6 Å². The molecule has 2 N–H and O–H groups in total. The van der Waals surface area contributed by atoms with E-state index in [9.17, 15) is 14.4 Å². The van der Waals surface area contributed by atoms with Gasteiger partial charge in [0.1, 0.15) is 17.2 Å². The zero-order valence-electron chi connectivity index (χ0n) is 16.1. The molecule has 1 fully saturated rings. The second kappa shape index (κ2) is 6.51. The second-order valence-corrected chi connectivity index (χ2v) is 7.49. The molecule has 7 nitrogen and oxygen atoms in total. The SMILES string of the molecule is Cc1coc2c(C)c3oc(=O)c(CC(=O)N4CCC[C@H]4C(N)=O)c(C)c3cc12. The van der Waals surface area contributed by atoms with Crippen LogP contribution in [0.3, 0.4) is 0 Å². The Kier molecular flexibility index (Phi) is 4.25. The van der Waals surface area contributed by atoms with Gasteiger partial charge in [-0.1, -0.05) is 0 Å². The number of likely N-dealkylation sites (tertiary alicyclic amines) is 1. The van der Waals surface area contributed by atoms with E-state index in [2.05, 4.69) is 0 Å². The summed E-state index contributed by atoms with van der Waals surface area (Å²) in [5.41, 5.74) is 8.79. The zero-order chi connectivity index (χ0) is 20.2. The number of rotatable bonds is 3. The standard InChI is InChI=1S/C21H22N2O5/c1-10-9-27-18-12(3)19-14(7-13(10)18)11(2)15(21(26)28-19)8-17(24)23-6-4-5-16(23)20(22)25/h7,9,16H,4-6,8H2,1-3H3,(H2,22,25)/t16-/m0/s1. The molecule has 7 heteroatoms. The van der Waals surface area contributed by atoms with Crippen LogP contribution in [0.4, 0.5) is 0 Å². The first kappa shape index (κ1) is 18.3. The van der Waals surface area contributed by atoms with Crippen molar-refractivity contribution in [3.05, 3.63) is 45.0 Å². The summed E-state index contributed by atoms with van der Waals surface area (Å²) >= 11 is 0. The second-order valence-electron chi connectivity index (χ2n) is 7.49. The van der Waals surface area contributed by atoms with Crippen LogP contribution in [0, 0.1) is 20.8 Å². The highest BCUT2D eigenvalue weighted by molar-refractivity contribution is 6.00. The van der Waals surface area contributed by atoms with Crippen molar-refractivity contribution in [3.63, 3.8) is 0 Å². The first-order chi connectivity index (χ1) is 13.3. The molecule has 1 aliphatic rings.